The van der Waals surface area contributed by atoms with Crippen molar-refractivity contribution in [3.63, 3.8) is 0 Å². The predicted molar refractivity (Wildman–Crippen MR) is 74.8 cm³/mol. The minimum absolute atomic E-state index is 0.0462. The van der Waals surface area contributed by atoms with E-state index in [0.717, 1.165) is 18.7 Å². The van der Waals surface area contributed by atoms with Crippen LogP contribution in [0.25, 0.3) is 0 Å². The molecule has 1 unspecified atom stereocenters. The number of benzene rings is 1. The number of hydrogen-bond donors (Lipinski definition) is 1. The largest absolute Gasteiger partial charge is 0.373 e. The van der Waals surface area contributed by atoms with E-state index in [9.17, 15) is 8.78 Å². The number of morpholine rings is 1. The normalized spacial score (nSPS) is 21.1. The SMILES string of the molecule is CC1(C)CN(C(CN)c2ccc(C(F)F)cc2)CCO1. The number of hydrogen-bond acceptors (Lipinski definition) is 3. The van der Waals surface area contributed by atoms with Crippen LogP contribution in [-0.2, 0) is 4.74 Å². The van der Waals surface area contributed by atoms with Crippen molar-refractivity contribution in [1.82, 2.24) is 4.90 Å². The maximum atomic E-state index is 12.6. The maximum absolute atomic E-state index is 12.6. The van der Waals surface area contributed by atoms with Gasteiger partial charge in [0.05, 0.1) is 12.2 Å². The van der Waals surface area contributed by atoms with Crippen molar-refractivity contribution >= 4 is 0 Å². The van der Waals surface area contributed by atoms with Crippen LogP contribution in [0.3, 0.4) is 0 Å². The van der Waals surface area contributed by atoms with Crippen LogP contribution in [0.2, 0.25) is 0 Å². The predicted octanol–water partition coefficient (Wildman–Crippen LogP) is 2.73. The molecule has 1 aliphatic rings. The van der Waals surface area contributed by atoms with Crippen LogP contribution in [0.5, 0.6) is 0 Å². The summed E-state index contributed by atoms with van der Waals surface area (Å²) in [4.78, 5) is 2.26. The molecule has 0 saturated carbocycles. The molecule has 0 spiro atoms. The highest BCUT2D eigenvalue weighted by Crippen LogP contribution is 2.27. The first-order chi connectivity index (χ1) is 9.43. The summed E-state index contributed by atoms with van der Waals surface area (Å²) in [5.74, 6) is 0. The molecule has 1 aromatic rings. The zero-order valence-electron chi connectivity index (χ0n) is 12.0. The summed E-state index contributed by atoms with van der Waals surface area (Å²) in [5.41, 5.74) is 6.72. The molecule has 1 aliphatic heterocycles. The molecule has 0 amide bonds. The molecule has 0 aliphatic carbocycles. The van der Waals surface area contributed by atoms with Crippen LogP contribution >= 0.6 is 0 Å². The molecule has 20 heavy (non-hydrogen) atoms. The molecule has 3 nitrogen and oxygen atoms in total. The average Bonchev–Trinajstić information content (AvgIpc) is 2.39. The molecule has 0 bridgehead atoms. The van der Waals surface area contributed by atoms with Crippen LogP contribution in [0.15, 0.2) is 24.3 Å². The lowest BCUT2D eigenvalue weighted by Gasteiger charge is -2.42. The van der Waals surface area contributed by atoms with Gasteiger partial charge in [0, 0.05) is 31.2 Å². The molecule has 1 fully saturated rings. The summed E-state index contributed by atoms with van der Waals surface area (Å²) >= 11 is 0. The van der Waals surface area contributed by atoms with Gasteiger partial charge in [0.15, 0.2) is 0 Å². The van der Waals surface area contributed by atoms with E-state index >= 15 is 0 Å². The standard InChI is InChI=1S/C15H22F2N2O/c1-15(2)10-19(7-8-20-15)13(9-18)11-3-5-12(6-4-11)14(16)17/h3-6,13-14H,7-10,18H2,1-2H3. The Kier molecular flexibility index (Phi) is 4.73. The minimum atomic E-state index is -2.43. The van der Waals surface area contributed by atoms with Gasteiger partial charge in [0.1, 0.15) is 0 Å². The number of nitrogens with zero attached hydrogens (tertiary/aromatic N) is 1. The zero-order chi connectivity index (χ0) is 14.8. The highest BCUT2D eigenvalue weighted by molar-refractivity contribution is 5.26. The topological polar surface area (TPSA) is 38.5 Å². The van der Waals surface area contributed by atoms with Crippen LogP contribution in [0.4, 0.5) is 8.78 Å². The van der Waals surface area contributed by atoms with Crippen molar-refractivity contribution < 1.29 is 13.5 Å². The molecular weight excluding hydrogens is 262 g/mol. The van der Waals surface area contributed by atoms with Crippen molar-refractivity contribution in [2.75, 3.05) is 26.2 Å². The second-order valence-corrected chi connectivity index (χ2v) is 5.80. The van der Waals surface area contributed by atoms with E-state index in [0.29, 0.717) is 13.2 Å². The van der Waals surface area contributed by atoms with E-state index in [1.54, 1.807) is 12.1 Å². The summed E-state index contributed by atoms with van der Waals surface area (Å²) < 4.78 is 30.9. The Balaban J connectivity index is 2.15. The van der Waals surface area contributed by atoms with Gasteiger partial charge < -0.3 is 10.5 Å². The molecule has 1 atom stereocenters. The van der Waals surface area contributed by atoms with Crippen LogP contribution in [0, 0.1) is 0 Å². The van der Waals surface area contributed by atoms with E-state index in [-0.39, 0.29) is 17.2 Å². The average molecular weight is 284 g/mol. The number of rotatable bonds is 4. The number of alkyl halides is 2. The first-order valence-electron chi connectivity index (χ1n) is 6.89. The zero-order valence-corrected chi connectivity index (χ0v) is 12.0. The minimum Gasteiger partial charge on any atom is -0.373 e. The molecule has 5 heteroatoms. The van der Waals surface area contributed by atoms with Crippen molar-refractivity contribution in [2.24, 2.45) is 5.73 Å². The number of ether oxygens (including phenoxy) is 1. The van der Waals surface area contributed by atoms with Crippen molar-refractivity contribution in [3.8, 4) is 0 Å². The Bertz CT molecular complexity index is 434. The number of nitrogens with two attached hydrogens (primary N) is 1. The Morgan fingerprint density at radius 2 is 1.85 bits per heavy atom. The van der Waals surface area contributed by atoms with Gasteiger partial charge in [-0.1, -0.05) is 24.3 Å². The third kappa shape index (κ3) is 3.53. The Morgan fingerprint density at radius 3 is 2.35 bits per heavy atom. The molecule has 1 aromatic carbocycles. The molecule has 112 valence electrons. The lowest BCUT2D eigenvalue weighted by atomic mass is 10.00. The quantitative estimate of drug-likeness (QED) is 0.924. The lowest BCUT2D eigenvalue weighted by Crippen LogP contribution is -2.50. The van der Waals surface area contributed by atoms with Gasteiger partial charge in [0.25, 0.3) is 6.43 Å². The molecule has 2 rings (SSSR count). The summed E-state index contributed by atoms with van der Waals surface area (Å²) in [5, 5.41) is 0. The van der Waals surface area contributed by atoms with Crippen LogP contribution < -0.4 is 5.73 Å². The van der Waals surface area contributed by atoms with Crippen LogP contribution in [-0.4, -0.2) is 36.7 Å². The monoisotopic (exact) mass is 284 g/mol. The first-order valence-corrected chi connectivity index (χ1v) is 6.89. The number of halogens is 2. The van der Waals surface area contributed by atoms with Gasteiger partial charge in [0.2, 0.25) is 0 Å². The lowest BCUT2D eigenvalue weighted by molar-refractivity contribution is -0.0967. The van der Waals surface area contributed by atoms with Gasteiger partial charge in [-0.15, -0.1) is 0 Å². The third-order valence-corrected chi connectivity index (χ3v) is 3.69. The van der Waals surface area contributed by atoms with Gasteiger partial charge >= 0.3 is 0 Å². The van der Waals surface area contributed by atoms with Gasteiger partial charge in [-0.3, -0.25) is 4.90 Å². The smallest absolute Gasteiger partial charge is 0.263 e. The second kappa shape index (κ2) is 6.16. The molecule has 0 radical (unpaired) electrons. The summed E-state index contributed by atoms with van der Waals surface area (Å²) in [6.07, 6.45) is -2.43. The van der Waals surface area contributed by atoms with Gasteiger partial charge in [-0.25, -0.2) is 8.78 Å². The van der Waals surface area contributed by atoms with Crippen molar-refractivity contribution in [3.05, 3.63) is 35.4 Å². The van der Waals surface area contributed by atoms with Crippen LogP contribution in [0.1, 0.15) is 37.4 Å². The van der Waals surface area contributed by atoms with E-state index in [1.807, 2.05) is 13.8 Å². The summed E-state index contributed by atoms with van der Waals surface area (Å²) in [7, 11) is 0. The fraction of sp³-hybridized carbons (Fsp3) is 0.600. The first kappa shape index (κ1) is 15.4. The molecular formula is C15H22F2N2O. The highest BCUT2D eigenvalue weighted by Gasteiger charge is 2.31. The van der Waals surface area contributed by atoms with Gasteiger partial charge in [-0.2, -0.15) is 0 Å². The fourth-order valence-corrected chi connectivity index (χ4v) is 2.68. The maximum Gasteiger partial charge on any atom is 0.263 e. The summed E-state index contributed by atoms with van der Waals surface area (Å²) in [6.45, 7) is 6.81. The van der Waals surface area contributed by atoms with E-state index < -0.39 is 6.43 Å². The van der Waals surface area contributed by atoms with E-state index in [4.69, 9.17) is 10.5 Å². The van der Waals surface area contributed by atoms with Crippen molar-refractivity contribution in [1.29, 1.82) is 0 Å². The summed E-state index contributed by atoms with van der Waals surface area (Å²) in [6, 6.07) is 6.51. The van der Waals surface area contributed by atoms with E-state index in [2.05, 4.69) is 4.90 Å². The van der Waals surface area contributed by atoms with E-state index in [1.165, 1.54) is 12.1 Å². The Hall–Kier alpha value is -1.04. The van der Waals surface area contributed by atoms with Crippen molar-refractivity contribution in [2.45, 2.75) is 31.9 Å². The highest BCUT2D eigenvalue weighted by atomic mass is 19.3. The van der Waals surface area contributed by atoms with Gasteiger partial charge in [-0.05, 0) is 19.4 Å². The fourth-order valence-electron chi connectivity index (χ4n) is 2.68. The molecule has 1 saturated heterocycles. The Labute approximate surface area is 118 Å². The second-order valence-electron chi connectivity index (χ2n) is 5.80. The molecule has 0 aromatic heterocycles. The Morgan fingerprint density at radius 1 is 1.25 bits per heavy atom. The molecule has 2 N–H and O–H groups in total. The molecule has 1 heterocycles. The third-order valence-electron chi connectivity index (χ3n) is 3.69.